The molecule has 2 N–H and O–H groups in total. The fourth-order valence-electron chi connectivity index (χ4n) is 2.67. The summed E-state index contributed by atoms with van der Waals surface area (Å²) < 4.78 is 29.3. The molecule has 1 aromatic rings. The van der Waals surface area contributed by atoms with Crippen LogP contribution >= 0.6 is 0 Å². The summed E-state index contributed by atoms with van der Waals surface area (Å²) in [6, 6.07) is 9.01. The molecule has 1 aliphatic carbocycles. The van der Waals surface area contributed by atoms with Gasteiger partial charge in [-0.3, -0.25) is 0 Å². The second-order valence-corrected chi connectivity index (χ2v) is 7.32. The highest BCUT2D eigenvalue weighted by Gasteiger charge is 2.73. The Hall–Kier alpha value is -1.40. The molecule has 6 heteroatoms. The van der Waals surface area contributed by atoms with Gasteiger partial charge in [-0.25, -0.2) is 13.2 Å². The minimum atomic E-state index is -3.42. The molecular weight excluding hydrogens is 278 g/mol. The van der Waals surface area contributed by atoms with Crippen LogP contribution in [0.5, 0.6) is 0 Å². The van der Waals surface area contributed by atoms with Gasteiger partial charge in [0, 0.05) is 11.7 Å². The molecule has 0 spiro atoms. The summed E-state index contributed by atoms with van der Waals surface area (Å²) in [7, 11) is -3.42. The average Bonchev–Trinajstić information content (AvgIpc) is 3.09. The summed E-state index contributed by atoms with van der Waals surface area (Å²) >= 11 is 0. The predicted molar refractivity (Wildman–Crippen MR) is 76.0 cm³/mol. The van der Waals surface area contributed by atoms with Crippen molar-refractivity contribution in [1.29, 1.82) is 0 Å². The third-order valence-corrected chi connectivity index (χ3v) is 6.00. The molecule has 5 nitrogen and oxygen atoms in total. The van der Waals surface area contributed by atoms with Crippen LogP contribution in [-0.4, -0.2) is 37.5 Å². The quantitative estimate of drug-likeness (QED) is 0.814. The molecule has 3 unspecified atom stereocenters. The van der Waals surface area contributed by atoms with E-state index in [9.17, 15) is 13.2 Å². The molecule has 1 aromatic carbocycles. The fraction of sp³-hybridized carbons (Fsp3) is 0.500. The number of carbonyl (C=O) groups excluding carboxylic acids is 1. The van der Waals surface area contributed by atoms with Crippen molar-refractivity contribution in [2.24, 2.45) is 5.73 Å². The Morgan fingerprint density at radius 2 is 1.90 bits per heavy atom. The molecule has 0 bridgehead atoms. The monoisotopic (exact) mass is 297 g/mol. The summed E-state index contributed by atoms with van der Waals surface area (Å²) in [5.74, 6) is -1.22. The number of esters is 1. The minimum absolute atomic E-state index is 0.0423. The summed E-state index contributed by atoms with van der Waals surface area (Å²) in [5, 5.41) is -0.901. The first-order chi connectivity index (χ1) is 9.39. The van der Waals surface area contributed by atoms with Crippen LogP contribution in [0.25, 0.3) is 0 Å². The van der Waals surface area contributed by atoms with Crippen LogP contribution in [0.3, 0.4) is 0 Å². The zero-order chi connectivity index (χ0) is 15.0. The Balaban J connectivity index is 2.42. The number of rotatable bonds is 5. The van der Waals surface area contributed by atoms with E-state index in [0.717, 1.165) is 5.56 Å². The Morgan fingerprint density at radius 3 is 2.40 bits per heavy atom. The van der Waals surface area contributed by atoms with Gasteiger partial charge in [0.1, 0.15) is 5.54 Å². The van der Waals surface area contributed by atoms with Gasteiger partial charge in [0.05, 0.1) is 11.9 Å². The lowest BCUT2D eigenvalue weighted by Gasteiger charge is -2.10. The summed E-state index contributed by atoms with van der Waals surface area (Å²) in [6.45, 7) is 3.41. The van der Waals surface area contributed by atoms with Gasteiger partial charge < -0.3 is 10.5 Å². The first-order valence-electron chi connectivity index (χ1n) is 6.62. The van der Waals surface area contributed by atoms with Crippen LogP contribution in [0.1, 0.15) is 25.3 Å². The van der Waals surface area contributed by atoms with Gasteiger partial charge in [-0.15, -0.1) is 0 Å². The van der Waals surface area contributed by atoms with Crippen LogP contribution < -0.4 is 5.73 Å². The number of benzene rings is 1. The van der Waals surface area contributed by atoms with Crippen molar-refractivity contribution in [3.63, 3.8) is 0 Å². The number of sulfone groups is 1. The van der Waals surface area contributed by atoms with Crippen molar-refractivity contribution in [1.82, 2.24) is 0 Å². The van der Waals surface area contributed by atoms with Gasteiger partial charge in [-0.2, -0.15) is 0 Å². The van der Waals surface area contributed by atoms with E-state index in [1.807, 2.05) is 6.07 Å². The molecule has 3 atom stereocenters. The van der Waals surface area contributed by atoms with Crippen LogP contribution in [-0.2, 0) is 19.4 Å². The molecule has 0 heterocycles. The second kappa shape index (κ2) is 5.18. The number of hydrogen-bond acceptors (Lipinski definition) is 5. The van der Waals surface area contributed by atoms with Crippen molar-refractivity contribution in [3.05, 3.63) is 35.9 Å². The predicted octanol–water partition coefficient (Wildman–Crippen LogP) is 0.848. The zero-order valence-electron chi connectivity index (χ0n) is 11.6. The van der Waals surface area contributed by atoms with Gasteiger partial charge in [0.25, 0.3) is 0 Å². The zero-order valence-corrected chi connectivity index (χ0v) is 12.4. The maximum absolute atomic E-state index is 12.2. The molecule has 0 saturated heterocycles. The maximum Gasteiger partial charge on any atom is 0.328 e. The Bertz CT molecular complexity index is 599. The van der Waals surface area contributed by atoms with E-state index in [2.05, 4.69) is 0 Å². The third-order valence-electron chi connectivity index (χ3n) is 3.76. The van der Waals surface area contributed by atoms with Crippen LogP contribution in [0.4, 0.5) is 0 Å². The third kappa shape index (κ3) is 2.23. The van der Waals surface area contributed by atoms with Gasteiger partial charge in [0.2, 0.25) is 0 Å². The van der Waals surface area contributed by atoms with Crippen LogP contribution in [0.2, 0.25) is 0 Å². The smallest absolute Gasteiger partial charge is 0.328 e. The van der Waals surface area contributed by atoms with Crippen LogP contribution in [0.15, 0.2) is 30.3 Å². The largest absolute Gasteiger partial charge is 0.465 e. The molecule has 0 aliphatic heterocycles. The molecule has 0 aromatic heterocycles. The molecule has 20 heavy (non-hydrogen) atoms. The topological polar surface area (TPSA) is 86.5 Å². The molecular formula is C14H19NO4S. The van der Waals surface area contributed by atoms with E-state index in [-0.39, 0.29) is 12.4 Å². The van der Waals surface area contributed by atoms with Gasteiger partial charge in [0.15, 0.2) is 9.84 Å². The number of nitrogens with two attached hydrogens (primary N) is 1. The van der Waals surface area contributed by atoms with E-state index in [4.69, 9.17) is 10.5 Å². The number of hydrogen-bond donors (Lipinski definition) is 1. The molecule has 110 valence electrons. The highest BCUT2D eigenvalue weighted by Crippen LogP contribution is 2.54. The number of carbonyl (C=O) groups is 1. The van der Waals surface area contributed by atoms with Crippen LogP contribution in [0, 0.1) is 0 Å². The van der Waals surface area contributed by atoms with Crippen molar-refractivity contribution < 1.29 is 17.9 Å². The maximum atomic E-state index is 12.2. The van der Waals surface area contributed by atoms with E-state index >= 15 is 0 Å². The average molecular weight is 297 g/mol. The molecule has 1 saturated carbocycles. The van der Waals surface area contributed by atoms with E-state index < -0.39 is 32.5 Å². The highest BCUT2D eigenvalue weighted by molar-refractivity contribution is 7.92. The SMILES string of the molecule is CCOC(=O)C1(N)C(c2ccccc2)C1S(=O)(=O)CC. The first-order valence-corrected chi connectivity index (χ1v) is 8.33. The van der Waals surface area contributed by atoms with Gasteiger partial charge >= 0.3 is 5.97 Å². The number of ether oxygens (including phenoxy) is 1. The van der Waals surface area contributed by atoms with Gasteiger partial charge in [-0.1, -0.05) is 37.3 Å². The highest BCUT2D eigenvalue weighted by atomic mass is 32.2. The molecule has 1 fully saturated rings. The first kappa shape index (κ1) is 15.0. The lowest BCUT2D eigenvalue weighted by Crippen LogP contribution is -2.41. The van der Waals surface area contributed by atoms with Crippen molar-refractivity contribution in [2.45, 2.75) is 30.6 Å². The van der Waals surface area contributed by atoms with Crippen molar-refractivity contribution in [2.75, 3.05) is 12.4 Å². The van der Waals surface area contributed by atoms with E-state index in [1.165, 1.54) is 0 Å². The summed E-state index contributed by atoms with van der Waals surface area (Å²) in [4.78, 5) is 12.1. The van der Waals surface area contributed by atoms with Gasteiger partial charge in [-0.05, 0) is 12.5 Å². The second-order valence-electron chi connectivity index (χ2n) is 4.91. The molecule has 0 radical (unpaired) electrons. The van der Waals surface area contributed by atoms with E-state index in [0.29, 0.717) is 0 Å². The van der Waals surface area contributed by atoms with Crippen molar-refractivity contribution >= 4 is 15.8 Å². The molecule has 2 rings (SSSR count). The Morgan fingerprint density at radius 1 is 1.30 bits per heavy atom. The normalized spacial score (nSPS) is 28.9. The van der Waals surface area contributed by atoms with E-state index in [1.54, 1.807) is 38.1 Å². The molecule has 0 amide bonds. The van der Waals surface area contributed by atoms with Crippen molar-refractivity contribution in [3.8, 4) is 0 Å². The summed E-state index contributed by atoms with van der Waals surface area (Å²) in [5.41, 5.74) is 5.39. The lowest BCUT2D eigenvalue weighted by atomic mass is 10.1. The fourth-order valence-corrected chi connectivity index (χ4v) is 4.58. The lowest BCUT2D eigenvalue weighted by molar-refractivity contribution is -0.145. The summed E-state index contributed by atoms with van der Waals surface area (Å²) in [6.07, 6.45) is 0. The minimum Gasteiger partial charge on any atom is -0.465 e. The molecule has 1 aliphatic rings. The Kier molecular flexibility index (Phi) is 3.88. The standard InChI is InChI=1S/C14H19NO4S/c1-3-19-13(16)14(15)11(10-8-6-5-7-9-10)12(14)20(17,18)4-2/h5-9,11-12H,3-4,15H2,1-2H3. The Labute approximate surface area is 119 Å².